The third-order valence-electron chi connectivity index (χ3n) is 16.7. The smallest absolute Gasteiger partial charge is 0.257 e. The van der Waals surface area contributed by atoms with E-state index in [1.165, 1.54) is 6.04 Å². The molecule has 0 saturated carbocycles. The summed E-state index contributed by atoms with van der Waals surface area (Å²) in [5.41, 5.74) is 16.1. The Morgan fingerprint density at radius 3 is 0.944 bits per heavy atom. The van der Waals surface area contributed by atoms with Gasteiger partial charge in [-0.1, -0.05) is 120 Å². The Balaban J connectivity index is 0.000000202. The van der Waals surface area contributed by atoms with E-state index in [1.807, 2.05) is 151 Å². The molecule has 3 heterocycles. The third kappa shape index (κ3) is 16.3. The highest BCUT2D eigenvalue weighted by molar-refractivity contribution is 6.77. The first-order valence-electron chi connectivity index (χ1n) is 30.5. The molecule has 0 bridgehead atoms. The molecule has 12 nitrogen and oxygen atoms in total. The summed E-state index contributed by atoms with van der Waals surface area (Å²) in [6.07, 6.45) is 6.25. The summed E-state index contributed by atoms with van der Waals surface area (Å²) >= 11 is 0. The SMILES string of the molecule is C=C1C(=O)N(c2cc(C)c(C)c(OC)c2)[C@H]1c1ccc(C)c(O)c1.C=CC[Si](C)(C)C.COc1cc(N2C(=O)/C(=C/C[Si](C)(C)C)[C@@H]2c2ccc(C)c(O)c2)cc(C)c1C.COc1cc(N2C(=O)/C(=C\C[Si](C)(C)C)[C@@H]2c2ccc(C)c(O)c2)cc(C)c1C. The van der Waals surface area contributed by atoms with Crippen molar-refractivity contribution >= 4 is 59.0 Å². The van der Waals surface area contributed by atoms with Crippen LogP contribution in [0.4, 0.5) is 17.1 Å². The Hall–Kier alpha value is -7.86. The molecule has 0 aromatic heterocycles. The van der Waals surface area contributed by atoms with E-state index in [4.69, 9.17) is 14.2 Å². The normalized spacial score (nSPS) is 17.3. The number of anilines is 3. The fraction of sp³-hybridized carbons (Fsp3) is 0.365. The van der Waals surface area contributed by atoms with Gasteiger partial charge in [0.05, 0.1) is 39.5 Å². The van der Waals surface area contributed by atoms with Gasteiger partial charge in [-0.25, -0.2) is 0 Å². The number of aryl methyl sites for hydroxylation is 6. The molecule has 89 heavy (non-hydrogen) atoms. The molecule has 3 saturated heterocycles. The molecule has 3 atom stereocenters. The lowest BCUT2D eigenvalue weighted by Crippen LogP contribution is -2.49. The zero-order chi connectivity index (χ0) is 66.5. The van der Waals surface area contributed by atoms with Gasteiger partial charge in [-0.2, -0.15) is 0 Å². The molecular weight excluding hydrogens is 1160 g/mol. The van der Waals surface area contributed by atoms with E-state index >= 15 is 0 Å². The minimum absolute atomic E-state index is 0.0265. The number of nitrogens with zero attached hydrogens (tertiary/aromatic N) is 3. The Kier molecular flexibility index (Phi) is 22.3. The average Bonchev–Trinajstić information content (AvgIpc) is 0.769. The number of phenolic OH excluding ortho intramolecular Hbond substituents is 3. The average molecular weight is 1260 g/mol. The second-order valence-corrected chi connectivity index (χ2v) is 44.2. The van der Waals surface area contributed by atoms with Gasteiger partial charge in [-0.3, -0.25) is 29.1 Å². The highest BCUT2D eigenvalue weighted by Gasteiger charge is 2.47. The van der Waals surface area contributed by atoms with Gasteiger partial charge in [0.25, 0.3) is 17.7 Å². The first kappa shape index (κ1) is 70.2. The molecule has 3 fully saturated rings. The molecular formula is C74H97N3O9Si3. The summed E-state index contributed by atoms with van der Waals surface area (Å²) in [6, 6.07) is 31.1. The van der Waals surface area contributed by atoms with Crippen LogP contribution in [0.5, 0.6) is 34.5 Å². The van der Waals surface area contributed by atoms with Crippen LogP contribution in [0, 0.1) is 62.3 Å². The van der Waals surface area contributed by atoms with E-state index in [9.17, 15) is 29.7 Å². The number of carbonyl (C=O) groups excluding carboxylic acids is 3. The van der Waals surface area contributed by atoms with Crippen LogP contribution in [0.3, 0.4) is 0 Å². The number of rotatable bonds is 15. The number of hydrogen-bond donors (Lipinski definition) is 3. The molecule has 3 amide bonds. The molecule has 0 radical (unpaired) electrons. The lowest BCUT2D eigenvalue weighted by Gasteiger charge is -2.44. The zero-order valence-electron chi connectivity index (χ0n) is 56.8. The first-order chi connectivity index (χ1) is 41.5. The number of aromatic hydroxyl groups is 3. The lowest BCUT2D eigenvalue weighted by molar-refractivity contribution is -0.119. The molecule has 3 N–H and O–H groups in total. The number of allylic oxidation sites excluding steroid dienone is 3. The second-order valence-electron chi connectivity index (χ2n) is 27.6. The van der Waals surface area contributed by atoms with Crippen molar-refractivity contribution in [2.45, 2.75) is 157 Å². The maximum Gasteiger partial charge on any atom is 0.257 e. The Labute approximate surface area is 533 Å². The van der Waals surface area contributed by atoms with Crippen LogP contribution in [0.25, 0.3) is 0 Å². The molecule has 0 spiro atoms. The quantitative estimate of drug-likeness (QED) is 0.0395. The van der Waals surface area contributed by atoms with E-state index in [0.29, 0.717) is 5.57 Å². The Morgan fingerprint density at radius 1 is 0.416 bits per heavy atom. The van der Waals surface area contributed by atoms with Gasteiger partial charge >= 0.3 is 0 Å². The first-order valence-corrected chi connectivity index (χ1v) is 41.6. The van der Waals surface area contributed by atoms with Gasteiger partial charge < -0.3 is 29.5 Å². The van der Waals surface area contributed by atoms with Gasteiger partial charge in [0, 0.05) is 76.2 Å². The van der Waals surface area contributed by atoms with E-state index in [1.54, 1.807) is 44.4 Å². The predicted molar refractivity (Wildman–Crippen MR) is 377 cm³/mol. The highest BCUT2D eigenvalue weighted by atomic mass is 28.3. The minimum Gasteiger partial charge on any atom is -0.508 e. The third-order valence-corrected chi connectivity index (χ3v) is 21.1. The number of ether oxygens (including phenoxy) is 3. The number of phenols is 3. The maximum absolute atomic E-state index is 13.2. The predicted octanol–water partition coefficient (Wildman–Crippen LogP) is 17.8. The van der Waals surface area contributed by atoms with Crippen LogP contribution < -0.4 is 28.9 Å². The van der Waals surface area contributed by atoms with E-state index < -0.39 is 24.2 Å². The summed E-state index contributed by atoms with van der Waals surface area (Å²) < 4.78 is 16.5. The van der Waals surface area contributed by atoms with Crippen molar-refractivity contribution in [2.75, 3.05) is 36.0 Å². The van der Waals surface area contributed by atoms with E-state index in [-0.39, 0.29) is 53.1 Å². The number of hydrogen-bond acceptors (Lipinski definition) is 9. The number of carbonyl (C=O) groups is 3. The fourth-order valence-electron chi connectivity index (χ4n) is 10.7. The van der Waals surface area contributed by atoms with Crippen molar-refractivity contribution in [1.82, 2.24) is 0 Å². The van der Waals surface area contributed by atoms with Crippen LogP contribution in [0.15, 0.2) is 139 Å². The van der Waals surface area contributed by atoms with Crippen LogP contribution in [-0.2, 0) is 14.4 Å². The van der Waals surface area contributed by atoms with Crippen molar-refractivity contribution in [1.29, 1.82) is 0 Å². The van der Waals surface area contributed by atoms with Crippen LogP contribution >= 0.6 is 0 Å². The number of benzene rings is 6. The van der Waals surface area contributed by atoms with Crippen molar-refractivity contribution in [3.05, 3.63) is 206 Å². The number of β-lactam (4-membered cyclic amide) rings is 3. The van der Waals surface area contributed by atoms with Crippen LogP contribution in [-0.4, -0.2) is 78.6 Å². The molecule has 0 unspecified atom stereocenters. The molecule has 3 aliphatic heterocycles. The lowest BCUT2D eigenvalue weighted by atomic mass is 9.86. The van der Waals surface area contributed by atoms with Crippen molar-refractivity contribution in [2.24, 2.45) is 0 Å². The standard InChI is InChI=1S/2C24H31NO3Si.C20H21NO3.C6H14Si/c2*1-15-8-9-18(13-21(15)26)23-20(10-11-29(5,6)7)24(27)25(23)19-12-16(2)17(3)22(14-19)28-4;1-11-6-7-15(9-17(11)22)19-14(4)20(23)21(19)16-8-12(2)13(3)18(10-16)24-5;1-5-6-7(2,3)4/h2*8-10,12-14,23,26H,11H2,1-7H3;6-10,19,22H,4H2,1-3,5H3;5H,1,6H2,2-4H3/b20-10+;20-10-;;/t2*23-;19-;/m001./s1. The van der Waals surface area contributed by atoms with Crippen LogP contribution in [0.2, 0.25) is 77.1 Å². The monoisotopic (exact) mass is 1260 g/mol. The maximum atomic E-state index is 13.2. The van der Waals surface area contributed by atoms with Crippen molar-refractivity contribution in [3.63, 3.8) is 0 Å². The summed E-state index contributed by atoms with van der Waals surface area (Å²) in [5, 5.41) is 30.5. The summed E-state index contributed by atoms with van der Waals surface area (Å²) in [7, 11) is 1.49. The van der Waals surface area contributed by atoms with Gasteiger partial charge in [0.2, 0.25) is 0 Å². The summed E-state index contributed by atoms with van der Waals surface area (Å²) in [5.74, 6) is 2.98. The number of methoxy groups -OCH3 is 3. The molecule has 9 rings (SSSR count). The minimum atomic E-state index is -1.33. The summed E-state index contributed by atoms with van der Waals surface area (Å²) in [4.78, 5) is 44.1. The molecule has 15 heteroatoms. The van der Waals surface area contributed by atoms with Crippen molar-refractivity contribution < 1.29 is 43.9 Å². The second kappa shape index (κ2) is 28.3. The molecule has 0 aliphatic carbocycles. The van der Waals surface area contributed by atoms with Crippen molar-refractivity contribution in [3.8, 4) is 34.5 Å². The topological polar surface area (TPSA) is 149 Å². The van der Waals surface area contributed by atoms with E-state index in [2.05, 4.69) is 84.2 Å². The van der Waals surface area contributed by atoms with Gasteiger partial charge in [-0.15, -0.1) is 6.58 Å². The van der Waals surface area contributed by atoms with Gasteiger partial charge in [0.15, 0.2) is 0 Å². The fourth-order valence-corrected chi connectivity index (χ4v) is 13.2. The molecule has 6 aromatic carbocycles. The number of amides is 3. The molecule has 6 aromatic rings. The Bertz CT molecular complexity index is 3590. The van der Waals surface area contributed by atoms with Gasteiger partial charge in [0.1, 0.15) is 34.5 Å². The van der Waals surface area contributed by atoms with Gasteiger partial charge in [-0.05, 0) is 184 Å². The van der Waals surface area contributed by atoms with Crippen LogP contribution in [0.1, 0.15) is 84.9 Å². The summed E-state index contributed by atoms with van der Waals surface area (Å²) in [6.45, 7) is 46.1. The molecule has 474 valence electrons. The van der Waals surface area contributed by atoms with E-state index in [0.717, 1.165) is 124 Å². The largest absolute Gasteiger partial charge is 0.508 e. The molecule has 3 aliphatic rings. The Morgan fingerprint density at radius 2 is 0.697 bits per heavy atom. The highest BCUT2D eigenvalue weighted by Crippen LogP contribution is 2.49. The zero-order valence-corrected chi connectivity index (χ0v) is 59.8.